The van der Waals surface area contributed by atoms with Crippen LogP contribution in [0.25, 0.3) is 11.0 Å². The molecule has 0 N–H and O–H groups in total. The van der Waals surface area contributed by atoms with E-state index in [4.69, 9.17) is 9.47 Å². The lowest BCUT2D eigenvalue weighted by molar-refractivity contribution is 0.0567. The molecule has 0 aliphatic carbocycles. The lowest BCUT2D eigenvalue weighted by Gasteiger charge is -2.42. The maximum atomic E-state index is 12.9. The van der Waals surface area contributed by atoms with Gasteiger partial charge in [-0.3, -0.25) is 14.6 Å². The van der Waals surface area contributed by atoms with Crippen LogP contribution in [-0.4, -0.2) is 65.0 Å². The Morgan fingerprint density at radius 2 is 1.97 bits per heavy atom. The van der Waals surface area contributed by atoms with Gasteiger partial charge in [0.05, 0.1) is 23.4 Å². The van der Waals surface area contributed by atoms with Gasteiger partial charge in [0.15, 0.2) is 0 Å². The normalized spacial score (nSPS) is 17.9. The summed E-state index contributed by atoms with van der Waals surface area (Å²) in [5, 5.41) is 9.39. The number of aromatic nitrogens is 2. The zero-order valence-electron chi connectivity index (χ0n) is 23.1. The summed E-state index contributed by atoms with van der Waals surface area (Å²) in [6, 6.07) is 13.1. The second kappa shape index (κ2) is 10.2. The fourth-order valence-corrected chi connectivity index (χ4v) is 5.31. The number of hydrogen-bond acceptors (Lipinski definition) is 8. The van der Waals surface area contributed by atoms with Crippen molar-refractivity contribution < 1.29 is 14.3 Å². The van der Waals surface area contributed by atoms with E-state index in [1.165, 1.54) is 0 Å². The lowest BCUT2D eigenvalue weighted by Crippen LogP contribution is -2.52. The Morgan fingerprint density at radius 3 is 2.69 bits per heavy atom. The number of amides is 1. The molecule has 3 aromatic rings. The molecular weight excluding hydrogens is 496 g/mol. The predicted octanol–water partition coefficient (Wildman–Crippen LogP) is 3.65. The Morgan fingerprint density at radius 1 is 1.18 bits per heavy atom. The number of para-hydroxylation sites is 1. The van der Waals surface area contributed by atoms with Crippen molar-refractivity contribution in [1.82, 2.24) is 14.5 Å². The number of hydrogen-bond donors (Lipinski definition) is 0. The van der Waals surface area contributed by atoms with Crippen LogP contribution in [0.2, 0.25) is 0 Å². The van der Waals surface area contributed by atoms with Crippen LogP contribution in [0, 0.1) is 11.3 Å². The number of pyridine rings is 2. The molecule has 1 atom stereocenters. The average molecular weight is 531 g/mol. The van der Waals surface area contributed by atoms with E-state index in [9.17, 15) is 14.9 Å². The molecule has 0 bridgehead atoms. The number of piperazine rings is 1. The zero-order valence-corrected chi connectivity index (χ0v) is 23.1. The first-order valence-corrected chi connectivity index (χ1v) is 13.2. The molecule has 1 saturated heterocycles. The molecule has 5 rings (SSSR count). The van der Waals surface area contributed by atoms with Gasteiger partial charge in [0, 0.05) is 50.9 Å². The van der Waals surface area contributed by atoms with Crippen molar-refractivity contribution in [3.63, 3.8) is 0 Å². The molecule has 2 aliphatic heterocycles. The molecule has 0 unspecified atom stereocenters. The second-order valence-corrected chi connectivity index (χ2v) is 11.1. The van der Waals surface area contributed by atoms with Crippen LogP contribution in [0.3, 0.4) is 0 Å². The maximum absolute atomic E-state index is 12.9. The van der Waals surface area contributed by atoms with E-state index in [-0.39, 0.29) is 17.7 Å². The molecule has 1 aromatic carbocycles. The number of fused-ring (bicyclic) bond motifs is 2. The third-order valence-electron chi connectivity index (χ3n) is 7.14. The van der Waals surface area contributed by atoms with Crippen molar-refractivity contribution in [1.29, 1.82) is 5.26 Å². The smallest absolute Gasteiger partial charge is 0.415 e. The van der Waals surface area contributed by atoms with E-state index in [0.717, 1.165) is 35.8 Å². The topological polar surface area (TPSA) is 104 Å². The number of aryl methyl sites for hydroxylation is 1. The van der Waals surface area contributed by atoms with Crippen LogP contribution in [-0.2, 0) is 18.3 Å². The van der Waals surface area contributed by atoms with Gasteiger partial charge < -0.3 is 18.9 Å². The summed E-state index contributed by atoms with van der Waals surface area (Å²) in [4.78, 5) is 36.3. The number of anilines is 2. The van der Waals surface area contributed by atoms with Crippen LogP contribution in [0.1, 0.15) is 39.0 Å². The Kier molecular flexibility index (Phi) is 6.95. The quantitative estimate of drug-likeness (QED) is 0.506. The van der Waals surface area contributed by atoms with Crippen molar-refractivity contribution in [3.8, 4) is 11.8 Å². The van der Waals surface area contributed by atoms with Gasteiger partial charge in [-0.15, -0.1) is 0 Å². The number of carbonyl (C=O) groups excluding carboxylic acids is 1. The third-order valence-corrected chi connectivity index (χ3v) is 7.14. The molecular formula is C29H34N6O4. The van der Waals surface area contributed by atoms with Crippen LogP contribution >= 0.6 is 0 Å². The first-order valence-electron chi connectivity index (χ1n) is 13.2. The van der Waals surface area contributed by atoms with E-state index in [0.29, 0.717) is 43.0 Å². The highest BCUT2D eigenvalue weighted by molar-refractivity contribution is 5.91. The molecule has 10 nitrogen and oxygen atoms in total. The number of carbonyl (C=O) groups is 1. The van der Waals surface area contributed by atoms with Crippen molar-refractivity contribution in [3.05, 3.63) is 58.0 Å². The maximum Gasteiger partial charge on any atom is 0.415 e. The van der Waals surface area contributed by atoms with Crippen LogP contribution in [0.15, 0.2) is 41.2 Å². The third kappa shape index (κ3) is 5.27. The Hall–Kier alpha value is -4.10. The highest BCUT2D eigenvalue weighted by Gasteiger charge is 2.31. The minimum absolute atomic E-state index is 0.0975. The molecule has 0 spiro atoms. The molecule has 1 fully saturated rings. The van der Waals surface area contributed by atoms with Gasteiger partial charge in [-0.1, -0.05) is 12.1 Å². The number of nitrogens with zero attached hydrogens (tertiary/aromatic N) is 6. The van der Waals surface area contributed by atoms with Gasteiger partial charge in [0.1, 0.15) is 35.2 Å². The van der Waals surface area contributed by atoms with Gasteiger partial charge in [0.2, 0.25) is 0 Å². The molecule has 1 amide bonds. The molecule has 39 heavy (non-hydrogen) atoms. The molecule has 4 heterocycles. The summed E-state index contributed by atoms with van der Waals surface area (Å²) in [6.45, 7) is 11.4. The lowest BCUT2D eigenvalue weighted by atomic mass is 10.1. The minimum atomic E-state index is -0.580. The van der Waals surface area contributed by atoms with Crippen LogP contribution in [0.4, 0.5) is 16.2 Å². The average Bonchev–Trinajstić information content (AvgIpc) is 2.89. The Bertz CT molecular complexity index is 1520. The molecule has 0 saturated carbocycles. The summed E-state index contributed by atoms with van der Waals surface area (Å²) >= 11 is 0. The second-order valence-electron chi connectivity index (χ2n) is 11.1. The summed E-state index contributed by atoms with van der Waals surface area (Å²) in [5.74, 6) is 0.718. The SMILES string of the molecule is C[C@H]1CN(Cc2cccc3c2OCCN3C(=O)OC(C)(C)C)CCN1c1cc(=O)n(C)c2ccc(C#N)nc12. The number of ether oxygens (including phenoxy) is 2. The van der Waals surface area contributed by atoms with E-state index >= 15 is 0 Å². The zero-order chi connectivity index (χ0) is 27.9. The molecule has 2 aliphatic rings. The van der Waals surface area contributed by atoms with Gasteiger partial charge in [-0.05, 0) is 45.9 Å². The number of rotatable bonds is 3. The van der Waals surface area contributed by atoms with E-state index < -0.39 is 5.60 Å². The monoisotopic (exact) mass is 530 g/mol. The highest BCUT2D eigenvalue weighted by atomic mass is 16.6. The predicted molar refractivity (Wildman–Crippen MR) is 149 cm³/mol. The molecule has 10 heteroatoms. The first-order chi connectivity index (χ1) is 18.6. The molecule has 0 radical (unpaired) electrons. The van der Waals surface area contributed by atoms with Gasteiger partial charge in [-0.2, -0.15) is 5.26 Å². The van der Waals surface area contributed by atoms with Crippen molar-refractivity contribution >= 4 is 28.5 Å². The largest absolute Gasteiger partial charge is 0.489 e. The van der Waals surface area contributed by atoms with Gasteiger partial charge >= 0.3 is 6.09 Å². The van der Waals surface area contributed by atoms with Crippen LogP contribution in [0.5, 0.6) is 5.75 Å². The number of nitriles is 1. The fraction of sp³-hybridized carbons (Fsp3) is 0.448. The molecule has 2 aromatic heterocycles. The fourth-order valence-electron chi connectivity index (χ4n) is 5.31. The Labute approximate surface area is 228 Å². The minimum Gasteiger partial charge on any atom is -0.489 e. The van der Waals surface area contributed by atoms with Crippen molar-refractivity contribution in [2.75, 3.05) is 42.6 Å². The summed E-state index contributed by atoms with van der Waals surface area (Å²) < 4.78 is 13.2. The first kappa shape index (κ1) is 26.5. The number of benzene rings is 1. The Balaban J connectivity index is 1.36. The summed E-state index contributed by atoms with van der Waals surface area (Å²) in [5.41, 5.74) is 3.49. The summed E-state index contributed by atoms with van der Waals surface area (Å²) in [7, 11) is 1.72. The van der Waals surface area contributed by atoms with E-state index in [1.54, 1.807) is 34.7 Å². The van der Waals surface area contributed by atoms with Gasteiger partial charge in [0.25, 0.3) is 5.56 Å². The van der Waals surface area contributed by atoms with E-state index in [2.05, 4.69) is 27.8 Å². The van der Waals surface area contributed by atoms with Gasteiger partial charge in [-0.25, -0.2) is 9.78 Å². The van der Waals surface area contributed by atoms with Crippen molar-refractivity contribution in [2.24, 2.45) is 7.05 Å². The molecule has 204 valence electrons. The summed E-state index contributed by atoms with van der Waals surface area (Å²) in [6.07, 6.45) is -0.374. The van der Waals surface area contributed by atoms with Crippen molar-refractivity contribution in [2.45, 2.75) is 45.9 Å². The van der Waals surface area contributed by atoms with E-state index in [1.807, 2.05) is 39.0 Å². The van der Waals surface area contributed by atoms with Crippen LogP contribution < -0.4 is 20.1 Å². The highest BCUT2D eigenvalue weighted by Crippen LogP contribution is 2.37. The standard InChI is InChI=1S/C29H34N6O4/c1-19-17-33(11-12-34(19)24-15-25(36)32(5)22-10-9-21(16-30)31-26(22)24)18-20-7-6-8-23-27(20)38-14-13-35(23)28(37)39-29(2,3)4/h6-10,15,19H,11-14,17-18H2,1-5H3/t19-/m0/s1.